The summed E-state index contributed by atoms with van der Waals surface area (Å²) in [6.45, 7) is 0.201. The van der Waals surface area contributed by atoms with Crippen LogP contribution < -0.4 is 9.64 Å². The van der Waals surface area contributed by atoms with E-state index in [-0.39, 0.29) is 6.54 Å². The van der Waals surface area contributed by atoms with Crippen molar-refractivity contribution in [3.05, 3.63) is 33.9 Å². The second kappa shape index (κ2) is 6.53. The maximum absolute atomic E-state index is 11.0. The van der Waals surface area contributed by atoms with Crippen molar-refractivity contribution in [2.75, 3.05) is 18.6 Å². The first kappa shape index (κ1) is 14.5. The number of carboxylic acids is 1. The Morgan fingerprint density at radius 3 is 2.95 bits per heavy atom. The molecule has 0 aliphatic heterocycles. The van der Waals surface area contributed by atoms with Crippen molar-refractivity contribution in [2.24, 2.45) is 0 Å². The standard InChI is InChI=1S/C12H12ClN3O3S/c1-19-8-2-3-14-10(4-8)16(7-11(17)18)6-9-5-15-12(13)20-9/h2-5H,6-7H2,1H3,(H,17,18). The Morgan fingerprint density at radius 2 is 2.35 bits per heavy atom. The summed E-state index contributed by atoms with van der Waals surface area (Å²) < 4.78 is 5.54. The molecular formula is C12H12ClN3O3S. The van der Waals surface area contributed by atoms with Crippen molar-refractivity contribution >= 4 is 34.7 Å². The molecule has 0 aliphatic rings. The minimum atomic E-state index is -0.940. The fourth-order valence-corrected chi connectivity index (χ4v) is 2.62. The van der Waals surface area contributed by atoms with Crippen molar-refractivity contribution in [2.45, 2.75) is 6.54 Å². The van der Waals surface area contributed by atoms with Gasteiger partial charge in [0.25, 0.3) is 0 Å². The molecular weight excluding hydrogens is 302 g/mol. The third-order valence-corrected chi connectivity index (χ3v) is 3.57. The summed E-state index contributed by atoms with van der Waals surface area (Å²) in [4.78, 5) is 21.6. The summed E-state index contributed by atoms with van der Waals surface area (Å²) in [5, 5.41) is 9.02. The second-order valence-electron chi connectivity index (χ2n) is 3.88. The van der Waals surface area contributed by atoms with Gasteiger partial charge >= 0.3 is 5.97 Å². The van der Waals surface area contributed by atoms with Crippen LogP contribution in [-0.2, 0) is 11.3 Å². The Morgan fingerprint density at radius 1 is 1.55 bits per heavy atom. The molecule has 1 N–H and O–H groups in total. The Kier molecular flexibility index (Phi) is 4.75. The molecule has 2 rings (SSSR count). The van der Waals surface area contributed by atoms with Gasteiger partial charge in [-0.2, -0.15) is 0 Å². The molecule has 0 radical (unpaired) electrons. The Balaban J connectivity index is 2.23. The number of nitrogens with zero attached hydrogens (tertiary/aromatic N) is 3. The third kappa shape index (κ3) is 3.82. The largest absolute Gasteiger partial charge is 0.497 e. The van der Waals surface area contributed by atoms with E-state index in [0.29, 0.717) is 22.6 Å². The SMILES string of the molecule is COc1ccnc(N(CC(=O)O)Cc2cnc(Cl)s2)c1. The van der Waals surface area contributed by atoms with Crippen LogP contribution in [0.2, 0.25) is 4.47 Å². The average Bonchev–Trinajstić information content (AvgIpc) is 2.83. The van der Waals surface area contributed by atoms with Gasteiger partial charge in [-0.15, -0.1) is 11.3 Å². The number of aliphatic carboxylic acids is 1. The van der Waals surface area contributed by atoms with Crippen LogP contribution in [0.3, 0.4) is 0 Å². The summed E-state index contributed by atoms with van der Waals surface area (Å²) in [5.41, 5.74) is 0. The zero-order valence-electron chi connectivity index (χ0n) is 10.6. The molecule has 2 heterocycles. The first-order valence-corrected chi connectivity index (χ1v) is 6.85. The van der Waals surface area contributed by atoms with Crippen molar-refractivity contribution in [1.82, 2.24) is 9.97 Å². The molecule has 2 aromatic rings. The van der Waals surface area contributed by atoms with Gasteiger partial charge in [0.15, 0.2) is 4.47 Å². The first-order valence-electron chi connectivity index (χ1n) is 5.65. The zero-order chi connectivity index (χ0) is 14.5. The molecule has 0 amide bonds. The molecule has 0 fully saturated rings. The fourth-order valence-electron chi connectivity index (χ4n) is 1.63. The second-order valence-corrected chi connectivity index (χ2v) is 5.58. The number of carbonyl (C=O) groups is 1. The highest BCUT2D eigenvalue weighted by atomic mass is 35.5. The smallest absolute Gasteiger partial charge is 0.323 e. The summed E-state index contributed by atoms with van der Waals surface area (Å²) in [5.74, 6) is 0.203. The van der Waals surface area contributed by atoms with Gasteiger partial charge in [0, 0.05) is 23.3 Å². The molecule has 6 nitrogen and oxygen atoms in total. The van der Waals surface area contributed by atoms with Crippen molar-refractivity contribution in [3.63, 3.8) is 0 Å². The van der Waals surface area contributed by atoms with E-state index in [1.54, 1.807) is 36.5 Å². The maximum Gasteiger partial charge on any atom is 0.323 e. The number of halogens is 1. The highest BCUT2D eigenvalue weighted by Crippen LogP contribution is 2.23. The lowest BCUT2D eigenvalue weighted by atomic mass is 10.3. The molecule has 20 heavy (non-hydrogen) atoms. The van der Waals surface area contributed by atoms with Crippen LogP contribution in [0.5, 0.6) is 5.75 Å². The molecule has 0 aromatic carbocycles. The highest BCUT2D eigenvalue weighted by Gasteiger charge is 2.15. The molecule has 106 valence electrons. The molecule has 8 heteroatoms. The maximum atomic E-state index is 11.0. The minimum absolute atomic E-state index is 0.171. The van der Waals surface area contributed by atoms with Gasteiger partial charge in [-0.05, 0) is 6.07 Å². The van der Waals surface area contributed by atoms with E-state index >= 15 is 0 Å². The molecule has 0 aliphatic carbocycles. The van der Waals surface area contributed by atoms with Crippen LogP contribution in [0.1, 0.15) is 4.88 Å². The fraction of sp³-hybridized carbons (Fsp3) is 0.250. The first-order chi connectivity index (χ1) is 9.58. The van der Waals surface area contributed by atoms with Crippen LogP contribution >= 0.6 is 22.9 Å². The molecule has 0 spiro atoms. The Bertz CT molecular complexity index is 605. The lowest BCUT2D eigenvalue weighted by molar-refractivity contribution is -0.135. The van der Waals surface area contributed by atoms with Crippen LogP contribution in [-0.4, -0.2) is 34.7 Å². The number of hydrogen-bond donors (Lipinski definition) is 1. The van der Waals surface area contributed by atoms with Crippen LogP contribution in [0.15, 0.2) is 24.5 Å². The summed E-state index contributed by atoms with van der Waals surface area (Å²) >= 11 is 7.09. The number of rotatable bonds is 6. The third-order valence-electron chi connectivity index (χ3n) is 2.47. The number of thiazole rings is 1. The predicted molar refractivity (Wildman–Crippen MR) is 76.6 cm³/mol. The molecule has 0 unspecified atom stereocenters. The molecule has 2 aromatic heterocycles. The highest BCUT2D eigenvalue weighted by molar-refractivity contribution is 7.15. The lowest BCUT2D eigenvalue weighted by Gasteiger charge is -2.21. The van der Waals surface area contributed by atoms with Gasteiger partial charge in [-0.1, -0.05) is 11.6 Å². The lowest BCUT2D eigenvalue weighted by Crippen LogP contribution is -2.29. The summed E-state index contributed by atoms with van der Waals surface area (Å²) in [6, 6.07) is 3.39. The van der Waals surface area contributed by atoms with Crippen LogP contribution in [0.4, 0.5) is 5.82 Å². The van der Waals surface area contributed by atoms with Crippen LogP contribution in [0, 0.1) is 0 Å². The predicted octanol–water partition coefficient (Wildman–Crippen LogP) is 2.29. The number of pyridine rings is 1. The van der Waals surface area contributed by atoms with Gasteiger partial charge in [-0.25, -0.2) is 9.97 Å². The molecule has 0 atom stereocenters. The van der Waals surface area contributed by atoms with E-state index in [2.05, 4.69) is 9.97 Å². The monoisotopic (exact) mass is 313 g/mol. The summed E-state index contributed by atoms with van der Waals surface area (Å²) in [6.07, 6.45) is 3.20. The van der Waals surface area contributed by atoms with E-state index in [0.717, 1.165) is 4.88 Å². The van der Waals surface area contributed by atoms with Crippen molar-refractivity contribution in [3.8, 4) is 5.75 Å². The van der Waals surface area contributed by atoms with Gasteiger partial charge in [0.05, 0.1) is 13.7 Å². The van der Waals surface area contributed by atoms with Crippen molar-refractivity contribution in [1.29, 1.82) is 0 Å². The van der Waals surface area contributed by atoms with Crippen LogP contribution in [0.25, 0.3) is 0 Å². The summed E-state index contributed by atoms with van der Waals surface area (Å²) in [7, 11) is 1.55. The number of carboxylic acid groups (broad SMARTS) is 1. The minimum Gasteiger partial charge on any atom is -0.497 e. The number of anilines is 1. The number of ether oxygens (including phenoxy) is 1. The number of methoxy groups -OCH3 is 1. The van der Waals surface area contributed by atoms with Gasteiger partial charge in [-0.3, -0.25) is 4.79 Å². The van der Waals surface area contributed by atoms with E-state index in [9.17, 15) is 4.79 Å². The quantitative estimate of drug-likeness (QED) is 0.882. The van der Waals surface area contributed by atoms with E-state index < -0.39 is 5.97 Å². The number of hydrogen-bond acceptors (Lipinski definition) is 6. The van der Waals surface area contributed by atoms with Gasteiger partial charge in [0.1, 0.15) is 18.1 Å². The average molecular weight is 314 g/mol. The normalized spacial score (nSPS) is 10.3. The van der Waals surface area contributed by atoms with Gasteiger partial charge < -0.3 is 14.7 Å². The number of aromatic nitrogens is 2. The van der Waals surface area contributed by atoms with E-state index in [1.165, 1.54) is 11.3 Å². The Labute approximate surface area is 124 Å². The Hall–Kier alpha value is -1.86. The van der Waals surface area contributed by atoms with Crippen molar-refractivity contribution < 1.29 is 14.6 Å². The molecule has 0 bridgehead atoms. The molecule has 0 saturated carbocycles. The van der Waals surface area contributed by atoms with Gasteiger partial charge in [0.2, 0.25) is 0 Å². The topological polar surface area (TPSA) is 75.5 Å². The molecule has 0 saturated heterocycles. The van der Waals surface area contributed by atoms with E-state index in [4.69, 9.17) is 21.4 Å². The van der Waals surface area contributed by atoms with E-state index in [1.807, 2.05) is 0 Å². The zero-order valence-corrected chi connectivity index (χ0v) is 12.2.